The van der Waals surface area contributed by atoms with Gasteiger partial charge in [-0.3, -0.25) is 4.79 Å². The number of amides is 2. The molecule has 86 valence electrons. The molecule has 0 bridgehead atoms. The van der Waals surface area contributed by atoms with E-state index in [1.54, 1.807) is 0 Å². The van der Waals surface area contributed by atoms with Crippen LogP contribution in [0.25, 0.3) is 0 Å². The van der Waals surface area contributed by atoms with Gasteiger partial charge in [0.15, 0.2) is 0 Å². The number of Topliss-reactive ketones (excluding diaryl/α,β-unsaturated/α-hetero) is 1. The summed E-state index contributed by atoms with van der Waals surface area (Å²) in [6.45, 7) is 3.63. The van der Waals surface area contributed by atoms with Gasteiger partial charge in [0.25, 0.3) is 0 Å². The van der Waals surface area contributed by atoms with Crippen molar-refractivity contribution in [3.63, 3.8) is 0 Å². The van der Waals surface area contributed by atoms with Crippen LogP contribution in [-0.4, -0.2) is 35.5 Å². The van der Waals surface area contributed by atoms with Crippen molar-refractivity contribution in [3.05, 3.63) is 0 Å². The van der Waals surface area contributed by atoms with Crippen LogP contribution in [0.2, 0.25) is 0 Å². The molecule has 0 radical (unpaired) electrons. The van der Waals surface area contributed by atoms with E-state index in [9.17, 15) is 14.4 Å². The van der Waals surface area contributed by atoms with Crippen LogP contribution >= 0.6 is 0 Å². The Morgan fingerprint density at radius 1 is 1.33 bits per heavy atom. The minimum Gasteiger partial charge on any atom is -0.480 e. The molecule has 0 rings (SSSR count). The topological polar surface area (TPSA) is 95.5 Å². The average molecular weight is 216 g/mol. The molecular weight excluding hydrogens is 200 g/mol. The molecule has 0 spiro atoms. The van der Waals surface area contributed by atoms with Crippen LogP contribution in [0.3, 0.4) is 0 Å². The molecule has 15 heavy (non-hydrogen) atoms. The molecular formula is C9H16N2O4. The van der Waals surface area contributed by atoms with Gasteiger partial charge in [-0.25, -0.2) is 9.59 Å². The van der Waals surface area contributed by atoms with Crippen LogP contribution in [0.1, 0.15) is 26.7 Å². The highest BCUT2D eigenvalue weighted by Gasteiger charge is 2.20. The molecule has 0 heterocycles. The highest BCUT2D eigenvalue weighted by Crippen LogP contribution is 1.93. The van der Waals surface area contributed by atoms with E-state index in [1.807, 2.05) is 6.92 Å². The molecule has 0 aromatic rings. The van der Waals surface area contributed by atoms with Gasteiger partial charge in [0, 0.05) is 13.0 Å². The quantitative estimate of drug-likeness (QED) is 0.588. The van der Waals surface area contributed by atoms with Crippen LogP contribution in [0.5, 0.6) is 0 Å². The summed E-state index contributed by atoms with van der Waals surface area (Å²) < 4.78 is 0. The summed E-state index contributed by atoms with van der Waals surface area (Å²) >= 11 is 0. The Bertz CT molecular complexity index is 252. The number of carboxylic acids is 1. The standard InChI is InChI=1S/C9H16N2O4/c1-3-4-10-9(15)11-7(8(13)14)5-6(2)12/h7H,3-5H2,1-2H3,(H,13,14)(H2,10,11,15). The van der Waals surface area contributed by atoms with Crippen molar-refractivity contribution in [2.24, 2.45) is 0 Å². The van der Waals surface area contributed by atoms with Gasteiger partial charge in [0.1, 0.15) is 11.8 Å². The maximum absolute atomic E-state index is 11.1. The van der Waals surface area contributed by atoms with Crippen molar-refractivity contribution < 1.29 is 19.5 Å². The van der Waals surface area contributed by atoms with E-state index in [1.165, 1.54) is 6.92 Å². The van der Waals surface area contributed by atoms with E-state index in [2.05, 4.69) is 10.6 Å². The van der Waals surface area contributed by atoms with E-state index >= 15 is 0 Å². The third kappa shape index (κ3) is 6.48. The second kappa shape index (κ2) is 6.80. The van der Waals surface area contributed by atoms with Crippen LogP contribution in [0, 0.1) is 0 Å². The highest BCUT2D eigenvalue weighted by atomic mass is 16.4. The average Bonchev–Trinajstić information content (AvgIpc) is 2.12. The van der Waals surface area contributed by atoms with Crippen LogP contribution < -0.4 is 10.6 Å². The van der Waals surface area contributed by atoms with Crippen molar-refractivity contribution in [2.75, 3.05) is 6.54 Å². The normalized spacial score (nSPS) is 11.6. The molecule has 0 aromatic carbocycles. The number of urea groups is 1. The molecule has 1 unspecified atom stereocenters. The third-order valence-corrected chi connectivity index (χ3v) is 1.63. The number of rotatable bonds is 6. The molecule has 6 heteroatoms. The molecule has 6 nitrogen and oxygen atoms in total. The fourth-order valence-electron chi connectivity index (χ4n) is 0.935. The molecule has 0 aliphatic heterocycles. The fourth-order valence-corrected chi connectivity index (χ4v) is 0.935. The van der Waals surface area contributed by atoms with Gasteiger partial charge < -0.3 is 15.7 Å². The molecule has 0 saturated heterocycles. The van der Waals surface area contributed by atoms with Gasteiger partial charge in [-0.1, -0.05) is 6.92 Å². The maximum atomic E-state index is 11.1. The fraction of sp³-hybridized carbons (Fsp3) is 0.667. The predicted molar refractivity (Wildman–Crippen MR) is 53.5 cm³/mol. The number of carbonyl (C=O) groups is 3. The van der Waals surface area contributed by atoms with E-state index in [-0.39, 0.29) is 12.2 Å². The van der Waals surface area contributed by atoms with E-state index in [0.717, 1.165) is 6.42 Å². The molecule has 1 atom stereocenters. The number of carboxylic acid groups (broad SMARTS) is 1. The van der Waals surface area contributed by atoms with Gasteiger partial charge in [-0.05, 0) is 13.3 Å². The van der Waals surface area contributed by atoms with Gasteiger partial charge in [-0.15, -0.1) is 0 Å². The first kappa shape index (κ1) is 13.4. The lowest BCUT2D eigenvalue weighted by molar-refractivity contribution is -0.140. The molecule has 0 aliphatic carbocycles. The Labute approximate surface area is 88.0 Å². The van der Waals surface area contributed by atoms with Crippen LogP contribution in [0.4, 0.5) is 4.79 Å². The summed E-state index contributed by atoms with van der Waals surface area (Å²) in [6, 6.07) is -1.72. The summed E-state index contributed by atoms with van der Waals surface area (Å²) in [4.78, 5) is 32.5. The van der Waals surface area contributed by atoms with Gasteiger partial charge in [-0.2, -0.15) is 0 Å². The Balaban J connectivity index is 4.10. The molecule has 3 N–H and O–H groups in total. The van der Waals surface area contributed by atoms with Gasteiger partial charge >= 0.3 is 12.0 Å². The summed E-state index contributed by atoms with van der Waals surface area (Å²) in [5.41, 5.74) is 0. The first-order valence-electron chi connectivity index (χ1n) is 4.74. The number of nitrogens with one attached hydrogen (secondary N) is 2. The van der Waals surface area contributed by atoms with Crippen molar-refractivity contribution in [1.29, 1.82) is 0 Å². The highest BCUT2D eigenvalue weighted by molar-refractivity contribution is 5.88. The Kier molecular flexibility index (Phi) is 6.08. The number of hydrogen-bond acceptors (Lipinski definition) is 3. The van der Waals surface area contributed by atoms with E-state index in [4.69, 9.17) is 5.11 Å². The predicted octanol–water partition coefficient (Wildman–Crippen LogP) is 0.128. The molecule has 0 aromatic heterocycles. The number of ketones is 1. The zero-order valence-electron chi connectivity index (χ0n) is 8.87. The zero-order valence-corrected chi connectivity index (χ0v) is 8.87. The van der Waals surface area contributed by atoms with Gasteiger partial charge in [0.05, 0.1) is 0 Å². The van der Waals surface area contributed by atoms with Crippen LogP contribution in [0.15, 0.2) is 0 Å². The van der Waals surface area contributed by atoms with Crippen molar-refractivity contribution in [2.45, 2.75) is 32.7 Å². The smallest absolute Gasteiger partial charge is 0.326 e. The Hall–Kier alpha value is -1.59. The summed E-state index contributed by atoms with van der Waals surface area (Å²) in [6.07, 6.45) is 0.562. The summed E-state index contributed by atoms with van der Waals surface area (Å²) in [7, 11) is 0. The van der Waals surface area contributed by atoms with Gasteiger partial charge in [0.2, 0.25) is 0 Å². The van der Waals surface area contributed by atoms with Crippen molar-refractivity contribution in [3.8, 4) is 0 Å². The number of hydrogen-bond donors (Lipinski definition) is 3. The first-order valence-corrected chi connectivity index (χ1v) is 4.74. The largest absolute Gasteiger partial charge is 0.480 e. The second-order valence-corrected chi connectivity index (χ2v) is 3.20. The monoisotopic (exact) mass is 216 g/mol. The van der Waals surface area contributed by atoms with E-state index < -0.39 is 18.0 Å². The third-order valence-electron chi connectivity index (χ3n) is 1.63. The summed E-state index contributed by atoms with van der Waals surface area (Å²) in [5.74, 6) is -1.49. The SMILES string of the molecule is CCCNC(=O)NC(CC(C)=O)C(=O)O. The molecule has 0 aliphatic rings. The molecule has 0 fully saturated rings. The van der Waals surface area contributed by atoms with Crippen molar-refractivity contribution in [1.82, 2.24) is 10.6 Å². The lowest BCUT2D eigenvalue weighted by atomic mass is 10.1. The Morgan fingerprint density at radius 3 is 2.33 bits per heavy atom. The molecule has 0 saturated carbocycles. The Morgan fingerprint density at radius 2 is 1.93 bits per heavy atom. The second-order valence-electron chi connectivity index (χ2n) is 3.20. The lowest BCUT2D eigenvalue weighted by Crippen LogP contribution is -2.46. The minimum atomic E-state index is -1.21. The molecule has 2 amide bonds. The zero-order chi connectivity index (χ0) is 11.8. The number of aliphatic carboxylic acids is 1. The minimum absolute atomic E-state index is 0.200. The summed E-state index contributed by atoms with van der Waals surface area (Å²) in [5, 5.41) is 13.4. The lowest BCUT2D eigenvalue weighted by Gasteiger charge is -2.13. The van der Waals surface area contributed by atoms with Crippen LogP contribution in [-0.2, 0) is 9.59 Å². The van der Waals surface area contributed by atoms with E-state index in [0.29, 0.717) is 6.54 Å². The van der Waals surface area contributed by atoms with Crippen molar-refractivity contribution >= 4 is 17.8 Å². The maximum Gasteiger partial charge on any atom is 0.326 e. The first-order chi connectivity index (χ1) is 6.97. The number of carbonyl (C=O) groups excluding carboxylic acids is 2.